The van der Waals surface area contributed by atoms with Crippen molar-refractivity contribution in [2.24, 2.45) is 0 Å². The number of rotatable bonds is 2. The Kier molecular flexibility index (Phi) is 3.19. The second kappa shape index (κ2) is 4.51. The first-order valence-corrected chi connectivity index (χ1v) is 5.55. The summed E-state index contributed by atoms with van der Waals surface area (Å²) in [5.74, 6) is -0.661. The highest BCUT2D eigenvalue weighted by atomic mass is 19.4. The molecule has 3 nitrogen and oxygen atoms in total. The van der Waals surface area contributed by atoms with E-state index in [2.05, 4.69) is 0 Å². The fraction of sp³-hybridized carbons (Fsp3) is 0.417. The number of hydrogen-bond donors (Lipinski definition) is 1. The minimum atomic E-state index is -4.47. The molecule has 2 rings (SSSR count). The Hall–Kier alpha value is -1.72. The molecule has 2 N–H and O–H groups in total. The third kappa shape index (κ3) is 2.57. The molecule has 18 heavy (non-hydrogen) atoms. The predicted molar refractivity (Wildman–Crippen MR) is 58.9 cm³/mol. The molecule has 1 aromatic carbocycles. The minimum Gasteiger partial charge on any atom is -0.459 e. The highest BCUT2D eigenvalue weighted by Crippen LogP contribution is 2.32. The zero-order chi connectivity index (χ0) is 13.3. The van der Waals surface area contributed by atoms with Crippen LogP contribution >= 0.6 is 0 Å². The van der Waals surface area contributed by atoms with Crippen LogP contribution in [0.5, 0.6) is 0 Å². The summed E-state index contributed by atoms with van der Waals surface area (Å²) >= 11 is 0. The van der Waals surface area contributed by atoms with Crippen LogP contribution in [-0.2, 0) is 10.9 Å². The van der Waals surface area contributed by atoms with E-state index in [1.54, 1.807) is 0 Å². The van der Waals surface area contributed by atoms with E-state index < -0.39 is 17.7 Å². The Balaban J connectivity index is 2.16. The van der Waals surface area contributed by atoms with Crippen LogP contribution in [0.3, 0.4) is 0 Å². The number of alkyl halides is 3. The van der Waals surface area contributed by atoms with Gasteiger partial charge in [-0.25, -0.2) is 4.79 Å². The molecule has 1 aliphatic carbocycles. The number of esters is 1. The van der Waals surface area contributed by atoms with Crippen molar-refractivity contribution in [1.29, 1.82) is 0 Å². The summed E-state index contributed by atoms with van der Waals surface area (Å²) < 4.78 is 42.3. The van der Waals surface area contributed by atoms with Gasteiger partial charge in [-0.3, -0.25) is 0 Å². The number of anilines is 1. The molecule has 0 bridgehead atoms. The van der Waals surface area contributed by atoms with Crippen molar-refractivity contribution in [3.05, 3.63) is 29.3 Å². The predicted octanol–water partition coefficient (Wildman–Crippen LogP) is 3.00. The Bertz CT molecular complexity index is 467. The maximum Gasteiger partial charge on any atom is 0.416 e. The first kappa shape index (κ1) is 12.7. The zero-order valence-electron chi connectivity index (χ0n) is 9.46. The zero-order valence-corrected chi connectivity index (χ0v) is 9.46. The number of benzene rings is 1. The van der Waals surface area contributed by atoms with Crippen LogP contribution in [-0.4, -0.2) is 12.1 Å². The minimum absolute atomic E-state index is 0.0186. The number of nitrogens with two attached hydrogens (primary N) is 1. The summed E-state index contributed by atoms with van der Waals surface area (Å²) in [5, 5.41) is 0. The summed E-state index contributed by atoms with van der Waals surface area (Å²) in [6, 6.07) is 2.63. The van der Waals surface area contributed by atoms with Gasteiger partial charge in [-0.1, -0.05) is 0 Å². The van der Waals surface area contributed by atoms with Crippen LogP contribution in [0.2, 0.25) is 0 Å². The Labute approximate surface area is 102 Å². The summed E-state index contributed by atoms with van der Waals surface area (Å²) in [7, 11) is 0. The molecule has 6 heteroatoms. The van der Waals surface area contributed by atoms with Gasteiger partial charge < -0.3 is 10.5 Å². The molecule has 0 atom stereocenters. The van der Waals surface area contributed by atoms with Crippen molar-refractivity contribution >= 4 is 11.7 Å². The van der Waals surface area contributed by atoms with E-state index in [0.717, 1.165) is 37.5 Å². The van der Waals surface area contributed by atoms with Crippen molar-refractivity contribution < 1.29 is 22.7 Å². The molecule has 0 saturated heterocycles. The van der Waals surface area contributed by atoms with E-state index in [1.807, 2.05) is 0 Å². The van der Waals surface area contributed by atoms with E-state index in [1.165, 1.54) is 0 Å². The van der Waals surface area contributed by atoms with Crippen LogP contribution in [0, 0.1) is 0 Å². The average Bonchev–Trinajstić information content (AvgIpc) is 2.21. The van der Waals surface area contributed by atoms with E-state index >= 15 is 0 Å². The highest BCUT2D eigenvalue weighted by molar-refractivity contribution is 5.95. The maximum atomic E-state index is 12.4. The number of ether oxygens (including phenoxy) is 1. The molecule has 0 amide bonds. The number of halogens is 3. The number of carbonyl (C=O) groups excluding carboxylic acids is 1. The molecule has 0 aliphatic heterocycles. The average molecular weight is 259 g/mol. The monoisotopic (exact) mass is 259 g/mol. The molecule has 0 aromatic heterocycles. The molecular weight excluding hydrogens is 247 g/mol. The lowest BCUT2D eigenvalue weighted by Crippen LogP contribution is -2.25. The van der Waals surface area contributed by atoms with Crippen LogP contribution < -0.4 is 5.73 Å². The van der Waals surface area contributed by atoms with E-state index in [-0.39, 0.29) is 17.4 Å². The standard InChI is InChI=1S/C12H12F3NO2/c13-12(14,15)7-4-5-9(10(16)6-7)11(17)18-8-2-1-3-8/h4-6,8H,1-3,16H2. The fourth-order valence-corrected chi connectivity index (χ4v) is 1.63. The quantitative estimate of drug-likeness (QED) is 0.656. The van der Waals surface area contributed by atoms with Gasteiger partial charge in [0.05, 0.1) is 11.1 Å². The molecular formula is C12H12F3NO2. The van der Waals surface area contributed by atoms with Gasteiger partial charge >= 0.3 is 12.1 Å². The smallest absolute Gasteiger partial charge is 0.416 e. The molecule has 98 valence electrons. The third-order valence-corrected chi connectivity index (χ3v) is 2.92. The fourth-order valence-electron chi connectivity index (χ4n) is 1.63. The van der Waals surface area contributed by atoms with Crippen molar-refractivity contribution in [1.82, 2.24) is 0 Å². The molecule has 0 spiro atoms. The third-order valence-electron chi connectivity index (χ3n) is 2.92. The Morgan fingerprint density at radius 3 is 2.44 bits per heavy atom. The number of nitrogen functional groups attached to an aromatic ring is 1. The Morgan fingerprint density at radius 2 is 2.00 bits per heavy atom. The SMILES string of the molecule is Nc1cc(C(F)(F)F)ccc1C(=O)OC1CCC1. The van der Waals surface area contributed by atoms with Crippen molar-refractivity contribution in [3.63, 3.8) is 0 Å². The molecule has 1 fully saturated rings. The van der Waals surface area contributed by atoms with Gasteiger partial charge in [-0.05, 0) is 37.5 Å². The van der Waals surface area contributed by atoms with Crippen molar-refractivity contribution in [2.75, 3.05) is 5.73 Å². The number of hydrogen-bond acceptors (Lipinski definition) is 3. The van der Waals surface area contributed by atoms with Crippen molar-refractivity contribution in [2.45, 2.75) is 31.5 Å². The Morgan fingerprint density at radius 1 is 1.33 bits per heavy atom. The second-order valence-electron chi connectivity index (χ2n) is 4.26. The molecule has 0 unspecified atom stereocenters. The molecule has 1 saturated carbocycles. The van der Waals surface area contributed by atoms with Crippen LogP contribution in [0.4, 0.5) is 18.9 Å². The summed E-state index contributed by atoms with van der Waals surface area (Å²) in [6.45, 7) is 0. The van der Waals surface area contributed by atoms with E-state index in [9.17, 15) is 18.0 Å². The van der Waals surface area contributed by atoms with Gasteiger partial charge in [0.2, 0.25) is 0 Å². The number of carbonyl (C=O) groups is 1. The lowest BCUT2D eigenvalue weighted by Gasteiger charge is -2.25. The van der Waals surface area contributed by atoms with E-state index in [0.29, 0.717) is 0 Å². The first-order valence-electron chi connectivity index (χ1n) is 5.55. The van der Waals surface area contributed by atoms with Gasteiger partial charge in [0.15, 0.2) is 0 Å². The van der Waals surface area contributed by atoms with Crippen molar-refractivity contribution in [3.8, 4) is 0 Å². The normalized spacial score (nSPS) is 16.2. The molecule has 0 heterocycles. The summed E-state index contributed by atoms with van der Waals surface area (Å²) in [4.78, 5) is 11.6. The highest BCUT2D eigenvalue weighted by Gasteiger charge is 2.31. The second-order valence-corrected chi connectivity index (χ2v) is 4.26. The summed E-state index contributed by atoms with van der Waals surface area (Å²) in [5.41, 5.74) is 4.35. The van der Waals surface area contributed by atoms with E-state index in [4.69, 9.17) is 10.5 Å². The lowest BCUT2D eigenvalue weighted by atomic mass is 9.96. The molecule has 1 aromatic rings. The largest absolute Gasteiger partial charge is 0.459 e. The molecule has 1 aliphatic rings. The van der Waals surface area contributed by atoms with Gasteiger partial charge in [-0.15, -0.1) is 0 Å². The lowest BCUT2D eigenvalue weighted by molar-refractivity contribution is -0.137. The van der Waals surface area contributed by atoms with Crippen LogP contribution in [0.15, 0.2) is 18.2 Å². The maximum absolute atomic E-state index is 12.4. The van der Waals surface area contributed by atoms with Gasteiger partial charge in [0, 0.05) is 5.69 Å². The summed E-state index contributed by atoms with van der Waals surface area (Å²) in [6.07, 6.45) is -2.00. The van der Waals surface area contributed by atoms with Gasteiger partial charge in [-0.2, -0.15) is 13.2 Å². The van der Waals surface area contributed by atoms with Gasteiger partial charge in [0.25, 0.3) is 0 Å². The first-order chi connectivity index (χ1) is 8.38. The topological polar surface area (TPSA) is 52.3 Å². The van der Waals surface area contributed by atoms with Crippen LogP contribution in [0.25, 0.3) is 0 Å². The molecule has 0 radical (unpaired) electrons. The van der Waals surface area contributed by atoms with Gasteiger partial charge in [0.1, 0.15) is 6.10 Å². The van der Waals surface area contributed by atoms with Crippen LogP contribution in [0.1, 0.15) is 35.2 Å².